The smallest absolute Gasteiger partial charge is 0.123 e. The van der Waals surface area contributed by atoms with Gasteiger partial charge in [-0.25, -0.2) is 4.39 Å². The molecule has 0 amide bonds. The first kappa shape index (κ1) is 18.4. The van der Waals surface area contributed by atoms with Gasteiger partial charge in [0.2, 0.25) is 0 Å². The lowest BCUT2D eigenvalue weighted by molar-refractivity contribution is 0.163. The molecule has 0 aliphatic carbocycles. The number of hydrogen-bond acceptors (Lipinski definition) is 1. The van der Waals surface area contributed by atoms with Crippen molar-refractivity contribution >= 4 is 11.6 Å². The van der Waals surface area contributed by atoms with Crippen molar-refractivity contribution in [1.29, 1.82) is 0 Å². The second kappa shape index (κ2) is 11.0. The maximum absolute atomic E-state index is 13.2. The fraction of sp³-hybridized carbons (Fsp3) is 0.667. The van der Waals surface area contributed by atoms with Crippen LogP contribution in [0.2, 0.25) is 5.02 Å². The largest absolute Gasteiger partial charge is 0.388 e. The summed E-state index contributed by atoms with van der Waals surface area (Å²) in [5.41, 5.74) is 0.510. The van der Waals surface area contributed by atoms with Crippen LogP contribution in [0.1, 0.15) is 82.8 Å². The summed E-state index contributed by atoms with van der Waals surface area (Å²) < 4.78 is 13.2. The quantitative estimate of drug-likeness (QED) is 0.466. The van der Waals surface area contributed by atoms with E-state index in [9.17, 15) is 9.50 Å². The summed E-state index contributed by atoms with van der Waals surface area (Å²) in [6.45, 7) is 2.23. The standard InChI is InChI=1S/C18H28ClFO/c1-2-3-4-5-6-7-8-9-10-11-18(21)16-14-15(20)12-13-17(16)19/h12-14,18,21H,2-11H2,1H3. The predicted octanol–water partition coefficient (Wildman–Crippen LogP) is 6.43. The van der Waals surface area contributed by atoms with Crippen molar-refractivity contribution in [2.75, 3.05) is 0 Å². The van der Waals surface area contributed by atoms with E-state index < -0.39 is 6.10 Å². The van der Waals surface area contributed by atoms with Crippen LogP contribution in [-0.2, 0) is 0 Å². The van der Waals surface area contributed by atoms with Crippen LogP contribution in [0.15, 0.2) is 18.2 Å². The van der Waals surface area contributed by atoms with Crippen molar-refractivity contribution in [3.63, 3.8) is 0 Å². The van der Waals surface area contributed by atoms with E-state index in [0.717, 1.165) is 12.8 Å². The van der Waals surface area contributed by atoms with E-state index in [1.165, 1.54) is 63.1 Å². The molecule has 0 aliphatic rings. The van der Waals surface area contributed by atoms with Gasteiger partial charge in [-0.15, -0.1) is 0 Å². The monoisotopic (exact) mass is 314 g/mol. The average molecular weight is 315 g/mol. The first-order chi connectivity index (χ1) is 10.1. The molecular weight excluding hydrogens is 287 g/mol. The molecule has 1 aromatic carbocycles. The molecular formula is C18H28ClFO. The summed E-state index contributed by atoms with van der Waals surface area (Å²) >= 11 is 5.99. The van der Waals surface area contributed by atoms with Gasteiger partial charge in [0, 0.05) is 10.6 Å². The molecule has 0 fully saturated rings. The zero-order valence-electron chi connectivity index (χ0n) is 13.1. The highest BCUT2D eigenvalue weighted by atomic mass is 35.5. The Bertz CT molecular complexity index is 395. The first-order valence-corrected chi connectivity index (χ1v) is 8.66. The molecule has 1 unspecified atom stereocenters. The highest BCUT2D eigenvalue weighted by molar-refractivity contribution is 6.31. The summed E-state index contributed by atoms with van der Waals surface area (Å²) in [7, 11) is 0. The number of hydrogen-bond donors (Lipinski definition) is 1. The van der Waals surface area contributed by atoms with Gasteiger partial charge in [-0.2, -0.15) is 0 Å². The molecule has 0 saturated heterocycles. The fourth-order valence-corrected chi connectivity index (χ4v) is 2.82. The molecule has 1 nitrogen and oxygen atoms in total. The van der Waals surface area contributed by atoms with Crippen molar-refractivity contribution in [2.45, 2.75) is 77.2 Å². The van der Waals surface area contributed by atoms with Crippen LogP contribution in [0.4, 0.5) is 4.39 Å². The van der Waals surface area contributed by atoms with E-state index in [0.29, 0.717) is 17.0 Å². The second-order valence-corrected chi connectivity index (χ2v) is 6.21. The molecule has 3 heteroatoms. The van der Waals surface area contributed by atoms with Crippen LogP contribution in [0.25, 0.3) is 0 Å². The summed E-state index contributed by atoms with van der Waals surface area (Å²) in [5.74, 6) is -0.347. The molecule has 1 rings (SSSR count). The Kier molecular flexibility index (Phi) is 9.69. The first-order valence-electron chi connectivity index (χ1n) is 8.28. The lowest BCUT2D eigenvalue weighted by Crippen LogP contribution is -1.99. The third-order valence-electron chi connectivity index (χ3n) is 3.90. The van der Waals surface area contributed by atoms with Gasteiger partial charge >= 0.3 is 0 Å². The summed E-state index contributed by atoms with van der Waals surface area (Å²) in [6, 6.07) is 4.16. The average Bonchev–Trinajstić information content (AvgIpc) is 2.48. The molecule has 120 valence electrons. The van der Waals surface area contributed by atoms with E-state index in [1.807, 2.05) is 0 Å². The molecule has 0 radical (unpaired) electrons. The Balaban J connectivity index is 2.11. The molecule has 0 bridgehead atoms. The summed E-state index contributed by atoms with van der Waals surface area (Å²) in [4.78, 5) is 0. The minimum absolute atomic E-state index is 0.347. The highest BCUT2D eigenvalue weighted by Gasteiger charge is 2.12. The number of unbranched alkanes of at least 4 members (excludes halogenated alkanes) is 8. The normalized spacial score (nSPS) is 12.6. The van der Waals surface area contributed by atoms with Crippen molar-refractivity contribution < 1.29 is 9.50 Å². The van der Waals surface area contributed by atoms with Gasteiger partial charge in [-0.1, -0.05) is 76.3 Å². The molecule has 21 heavy (non-hydrogen) atoms. The Morgan fingerprint density at radius 1 is 1.00 bits per heavy atom. The predicted molar refractivity (Wildman–Crippen MR) is 88.2 cm³/mol. The van der Waals surface area contributed by atoms with E-state index in [2.05, 4.69) is 6.92 Å². The van der Waals surface area contributed by atoms with Gasteiger partial charge in [-0.05, 0) is 24.6 Å². The van der Waals surface area contributed by atoms with Gasteiger partial charge in [0.25, 0.3) is 0 Å². The Hall–Kier alpha value is -0.600. The third-order valence-corrected chi connectivity index (χ3v) is 4.24. The summed E-state index contributed by atoms with van der Waals surface area (Å²) in [5, 5.41) is 10.5. The van der Waals surface area contributed by atoms with Crippen LogP contribution in [0, 0.1) is 5.82 Å². The van der Waals surface area contributed by atoms with Crippen LogP contribution >= 0.6 is 11.6 Å². The van der Waals surface area contributed by atoms with Gasteiger partial charge < -0.3 is 5.11 Å². The Morgan fingerprint density at radius 3 is 2.19 bits per heavy atom. The van der Waals surface area contributed by atoms with Gasteiger partial charge in [0.15, 0.2) is 0 Å². The van der Waals surface area contributed by atoms with Gasteiger partial charge in [-0.3, -0.25) is 0 Å². The van der Waals surface area contributed by atoms with Crippen LogP contribution in [-0.4, -0.2) is 5.11 Å². The van der Waals surface area contributed by atoms with Crippen molar-refractivity contribution in [1.82, 2.24) is 0 Å². The lowest BCUT2D eigenvalue weighted by Gasteiger charge is -2.12. The van der Waals surface area contributed by atoms with Crippen molar-refractivity contribution in [2.24, 2.45) is 0 Å². The Morgan fingerprint density at radius 2 is 1.57 bits per heavy atom. The molecule has 1 N–H and O–H groups in total. The molecule has 1 atom stereocenters. The zero-order valence-corrected chi connectivity index (χ0v) is 13.8. The van der Waals surface area contributed by atoms with E-state index in [4.69, 9.17) is 11.6 Å². The van der Waals surface area contributed by atoms with Crippen molar-refractivity contribution in [3.8, 4) is 0 Å². The fourth-order valence-electron chi connectivity index (χ4n) is 2.57. The zero-order chi connectivity index (χ0) is 15.5. The minimum Gasteiger partial charge on any atom is -0.388 e. The van der Waals surface area contributed by atoms with E-state index in [1.54, 1.807) is 0 Å². The second-order valence-electron chi connectivity index (χ2n) is 5.80. The summed E-state index contributed by atoms with van der Waals surface area (Å²) in [6.07, 6.45) is 11.2. The number of rotatable bonds is 11. The molecule has 1 aromatic rings. The number of aliphatic hydroxyl groups excluding tert-OH is 1. The van der Waals surface area contributed by atoms with Gasteiger partial charge in [0.05, 0.1) is 6.10 Å². The maximum Gasteiger partial charge on any atom is 0.123 e. The van der Waals surface area contributed by atoms with Crippen LogP contribution in [0.5, 0.6) is 0 Å². The van der Waals surface area contributed by atoms with Crippen LogP contribution in [0.3, 0.4) is 0 Å². The topological polar surface area (TPSA) is 20.2 Å². The molecule has 0 saturated carbocycles. The SMILES string of the molecule is CCCCCCCCCCCC(O)c1cc(F)ccc1Cl. The van der Waals surface area contributed by atoms with Crippen LogP contribution < -0.4 is 0 Å². The molecule has 0 spiro atoms. The number of benzene rings is 1. The molecule has 0 heterocycles. The van der Waals surface area contributed by atoms with E-state index in [-0.39, 0.29) is 5.82 Å². The lowest BCUT2D eigenvalue weighted by atomic mass is 10.0. The Labute approximate surface area is 133 Å². The van der Waals surface area contributed by atoms with Crippen molar-refractivity contribution in [3.05, 3.63) is 34.6 Å². The number of aliphatic hydroxyl groups is 1. The third kappa shape index (κ3) is 7.82. The highest BCUT2D eigenvalue weighted by Crippen LogP contribution is 2.27. The van der Waals surface area contributed by atoms with Gasteiger partial charge in [0.1, 0.15) is 5.82 Å². The maximum atomic E-state index is 13.2. The molecule has 0 aliphatic heterocycles. The minimum atomic E-state index is -0.655. The van der Waals surface area contributed by atoms with E-state index >= 15 is 0 Å². The number of halogens is 2. The molecule has 0 aromatic heterocycles.